The van der Waals surface area contributed by atoms with Crippen molar-refractivity contribution in [2.24, 2.45) is 7.05 Å². The number of nitrogens with one attached hydrogen (secondary N) is 1. The van der Waals surface area contributed by atoms with Gasteiger partial charge < -0.3 is 4.90 Å². The first kappa shape index (κ1) is 18.8. The molecule has 0 spiro atoms. The normalized spacial score (nSPS) is 16.6. The number of nitrogens with zero attached hydrogens (tertiary/aromatic N) is 5. The van der Waals surface area contributed by atoms with E-state index in [9.17, 15) is 4.79 Å². The molecule has 28 heavy (non-hydrogen) atoms. The lowest BCUT2D eigenvalue weighted by atomic mass is 10.0. The molecule has 1 unspecified atom stereocenters. The second-order valence-electron chi connectivity index (χ2n) is 6.99. The Bertz CT molecular complexity index is 1030. The fourth-order valence-electron chi connectivity index (χ4n) is 3.47. The zero-order chi connectivity index (χ0) is 19.8. The van der Waals surface area contributed by atoms with Gasteiger partial charge in [0.25, 0.3) is 0 Å². The van der Waals surface area contributed by atoms with E-state index in [2.05, 4.69) is 15.5 Å². The zero-order valence-corrected chi connectivity index (χ0v) is 17.1. The molecule has 2 aromatic heterocycles. The highest BCUT2D eigenvalue weighted by Gasteiger charge is 2.28. The number of aromatic nitrogens is 4. The van der Waals surface area contributed by atoms with Gasteiger partial charge in [-0.15, -0.1) is 5.10 Å². The van der Waals surface area contributed by atoms with E-state index in [1.54, 1.807) is 21.5 Å². The minimum absolute atomic E-state index is 0.148. The highest BCUT2D eigenvalue weighted by molar-refractivity contribution is 6.42. The van der Waals surface area contributed by atoms with Crippen LogP contribution in [-0.4, -0.2) is 43.6 Å². The second-order valence-corrected chi connectivity index (χ2v) is 7.80. The number of halogens is 2. The number of rotatable bonds is 3. The predicted molar refractivity (Wildman–Crippen MR) is 109 cm³/mol. The summed E-state index contributed by atoms with van der Waals surface area (Å²) in [6.45, 7) is 3.29. The third kappa shape index (κ3) is 3.72. The van der Waals surface area contributed by atoms with Crippen molar-refractivity contribution in [1.82, 2.24) is 24.5 Å². The van der Waals surface area contributed by atoms with E-state index in [4.69, 9.17) is 23.2 Å². The second kappa shape index (κ2) is 7.48. The van der Waals surface area contributed by atoms with Crippen molar-refractivity contribution in [3.05, 3.63) is 58.0 Å². The van der Waals surface area contributed by atoms with Crippen LogP contribution in [0.25, 0.3) is 5.69 Å². The van der Waals surface area contributed by atoms with E-state index < -0.39 is 0 Å². The maximum absolute atomic E-state index is 12.7. The number of amides is 2. The number of hydrogen-bond donors (Lipinski definition) is 1. The van der Waals surface area contributed by atoms with E-state index in [-0.39, 0.29) is 6.03 Å². The first-order valence-electron chi connectivity index (χ1n) is 8.97. The molecule has 9 heteroatoms. The van der Waals surface area contributed by atoms with Gasteiger partial charge in [0.2, 0.25) is 0 Å². The van der Waals surface area contributed by atoms with Crippen molar-refractivity contribution in [2.45, 2.75) is 19.3 Å². The maximum atomic E-state index is 12.7. The summed E-state index contributed by atoms with van der Waals surface area (Å²) in [6.07, 6.45) is 4.80. The third-order valence-corrected chi connectivity index (χ3v) is 5.68. The summed E-state index contributed by atoms with van der Waals surface area (Å²) in [4.78, 5) is 14.5. The van der Waals surface area contributed by atoms with Crippen molar-refractivity contribution >= 4 is 35.1 Å². The van der Waals surface area contributed by atoms with Gasteiger partial charge in [-0.05, 0) is 37.1 Å². The van der Waals surface area contributed by atoms with Crippen LogP contribution in [0.5, 0.6) is 0 Å². The Morgan fingerprint density at radius 2 is 2.07 bits per heavy atom. The number of hydrogen-bond acceptors (Lipinski definition) is 3. The Morgan fingerprint density at radius 3 is 2.79 bits per heavy atom. The van der Waals surface area contributed by atoms with E-state index in [0.29, 0.717) is 34.9 Å². The van der Waals surface area contributed by atoms with Gasteiger partial charge in [-0.1, -0.05) is 23.2 Å². The molecule has 1 saturated heterocycles. The van der Waals surface area contributed by atoms with Gasteiger partial charge in [-0.25, -0.2) is 9.48 Å². The van der Waals surface area contributed by atoms with Crippen molar-refractivity contribution in [3.63, 3.8) is 0 Å². The number of likely N-dealkylation sites (tertiary alicyclic amines) is 1. The highest BCUT2D eigenvalue weighted by Crippen LogP contribution is 2.28. The minimum Gasteiger partial charge on any atom is -0.324 e. The smallest absolute Gasteiger partial charge is 0.323 e. The average molecular weight is 419 g/mol. The first-order chi connectivity index (χ1) is 13.4. The van der Waals surface area contributed by atoms with E-state index in [1.165, 1.54) is 0 Å². The predicted octanol–water partition coefficient (Wildman–Crippen LogP) is 4.24. The summed E-state index contributed by atoms with van der Waals surface area (Å²) in [7, 11) is 1.90. The molecule has 0 radical (unpaired) electrons. The van der Waals surface area contributed by atoms with Crippen LogP contribution in [-0.2, 0) is 7.05 Å². The molecule has 1 atom stereocenters. The topological polar surface area (TPSA) is 68.0 Å². The van der Waals surface area contributed by atoms with Crippen molar-refractivity contribution in [2.75, 3.05) is 18.4 Å². The molecular weight excluding hydrogens is 399 g/mol. The number of benzene rings is 1. The van der Waals surface area contributed by atoms with E-state index >= 15 is 0 Å². The number of carbonyl (C=O) groups excluding carboxylic acids is 1. The van der Waals surface area contributed by atoms with Gasteiger partial charge >= 0.3 is 6.03 Å². The Hall–Kier alpha value is -2.51. The summed E-state index contributed by atoms with van der Waals surface area (Å²) < 4.78 is 3.51. The standard InChI is InChI=1S/C19H20Cl2N6O/c1-12-7-18(24-27(12)15-3-4-16(20)17(21)8-15)23-19(28)26-6-5-13(11-26)14-9-22-25(2)10-14/h3-4,7-10,13H,5-6,11H2,1-2H3,(H,23,24,28). The molecule has 0 saturated carbocycles. The summed E-state index contributed by atoms with van der Waals surface area (Å²) in [5, 5.41) is 12.5. The lowest BCUT2D eigenvalue weighted by Crippen LogP contribution is -2.33. The molecule has 146 valence electrons. The molecule has 7 nitrogen and oxygen atoms in total. The van der Waals surface area contributed by atoms with Gasteiger partial charge in [0.05, 0.1) is 21.9 Å². The summed E-state index contributed by atoms with van der Waals surface area (Å²) >= 11 is 12.1. The zero-order valence-electron chi connectivity index (χ0n) is 15.6. The molecule has 3 aromatic rings. The number of anilines is 1. The van der Waals surface area contributed by atoms with Gasteiger partial charge in [0.15, 0.2) is 5.82 Å². The van der Waals surface area contributed by atoms with Crippen LogP contribution >= 0.6 is 23.2 Å². The van der Waals surface area contributed by atoms with Crippen LogP contribution in [0.2, 0.25) is 10.0 Å². The van der Waals surface area contributed by atoms with E-state index in [1.807, 2.05) is 43.4 Å². The molecule has 0 bridgehead atoms. The molecular formula is C19H20Cl2N6O. The Morgan fingerprint density at radius 1 is 1.25 bits per heavy atom. The first-order valence-corrected chi connectivity index (χ1v) is 9.73. The summed E-state index contributed by atoms with van der Waals surface area (Å²) in [5.74, 6) is 0.813. The molecule has 1 fully saturated rings. The quantitative estimate of drug-likeness (QED) is 0.691. The number of urea groups is 1. The van der Waals surface area contributed by atoms with Crippen LogP contribution in [0.15, 0.2) is 36.7 Å². The van der Waals surface area contributed by atoms with E-state index in [0.717, 1.165) is 23.4 Å². The molecule has 0 aliphatic carbocycles. The van der Waals surface area contributed by atoms with Crippen LogP contribution < -0.4 is 5.32 Å². The lowest BCUT2D eigenvalue weighted by molar-refractivity contribution is 0.222. The molecule has 3 heterocycles. The SMILES string of the molecule is Cc1cc(NC(=O)N2CCC(c3cnn(C)c3)C2)nn1-c1ccc(Cl)c(Cl)c1. The molecule has 1 aliphatic rings. The number of aryl methyl sites for hydroxylation is 2. The number of carbonyl (C=O) groups is 1. The van der Waals surface area contributed by atoms with Crippen molar-refractivity contribution in [3.8, 4) is 5.69 Å². The average Bonchev–Trinajstić information content (AvgIpc) is 3.37. The Labute approximate surface area is 172 Å². The van der Waals surface area contributed by atoms with Crippen LogP contribution in [0, 0.1) is 6.92 Å². The fraction of sp³-hybridized carbons (Fsp3) is 0.316. The molecule has 1 N–H and O–H groups in total. The van der Waals surface area contributed by atoms with Gasteiger partial charge in [-0.3, -0.25) is 10.00 Å². The van der Waals surface area contributed by atoms with Crippen LogP contribution in [0.1, 0.15) is 23.6 Å². The molecule has 1 aromatic carbocycles. The highest BCUT2D eigenvalue weighted by atomic mass is 35.5. The summed E-state index contributed by atoms with van der Waals surface area (Å²) in [6, 6.07) is 6.98. The van der Waals surface area contributed by atoms with Gasteiger partial charge in [-0.2, -0.15) is 5.10 Å². The third-order valence-electron chi connectivity index (χ3n) is 4.94. The van der Waals surface area contributed by atoms with Crippen molar-refractivity contribution in [1.29, 1.82) is 0 Å². The Kier molecular flexibility index (Phi) is 5.03. The Balaban J connectivity index is 1.44. The molecule has 2 amide bonds. The monoisotopic (exact) mass is 418 g/mol. The lowest BCUT2D eigenvalue weighted by Gasteiger charge is -2.16. The molecule has 1 aliphatic heterocycles. The molecule has 4 rings (SSSR count). The van der Waals surface area contributed by atoms with Gasteiger partial charge in [0.1, 0.15) is 0 Å². The van der Waals surface area contributed by atoms with Crippen molar-refractivity contribution < 1.29 is 4.79 Å². The largest absolute Gasteiger partial charge is 0.324 e. The van der Waals surface area contributed by atoms with Crippen LogP contribution in [0.3, 0.4) is 0 Å². The minimum atomic E-state index is -0.148. The fourth-order valence-corrected chi connectivity index (χ4v) is 3.76. The maximum Gasteiger partial charge on any atom is 0.323 e. The van der Waals surface area contributed by atoms with Crippen LogP contribution in [0.4, 0.5) is 10.6 Å². The van der Waals surface area contributed by atoms with Gasteiger partial charge in [0, 0.05) is 44.0 Å². The summed E-state index contributed by atoms with van der Waals surface area (Å²) in [5.41, 5.74) is 2.83.